The van der Waals surface area contributed by atoms with Gasteiger partial charge in [0.05, 0.1) is 5.69 Å². The zero-order chi connectivity index (χ0) is 12.4. The maximum absolute atomic E-state index is 13.5. The molecule has 5 heteroatoms. The number of anilines is 1. The average Bonchev–Trinajstić information content (AvgIpc) is 2.27. The lowest BCUT2D eigenvalue weighted by molar-refractivity contribution is 0.429. The highest BCUT2D eigenvalue weighted by molar-refractivity contribution is 9.10. The molecule has 1 aromatic heterocycles. The molecule has 0 atom stereocenters. The number of aryl methyl sites for hydroxylation is 1. The molecule has 0 radical (unpaired) electrons. The molecule has 1 aromatic carbocycles. The standard InChI is InChI=1S/C12H10BrFN2O/c1-7-4-10(15)12(16-6-7)17-11-5-8(13)2-3-9(11)14/h2-6H,15H2,1H3. The summed E-state index contributed by atoms with van der Waals surface area (Å²) in [4.78, 5) is 4.01. The van der Waals surface area contributed by atoms with Gasteiger partial charge in [-0.25, -0.2) is 9.37 Å². The Morgan fingerprint density at radius 1 is 1.35 bits per heavy atom. The number of hydrogen-bond acceptors (Lipinski definition) is 3. The lowest BCUT2D eigenvalue weighted by atomic mass is 10.3. The van der Waals surface area contributed by atoms with Crippen LogP contribution in [0.1, 0.15) is 5.56 Å². The first-order chi connectivity index (χ1) is 8.06. The van der Waals surface area contributed by atoms with Crippen LogP contribution < -0.4 is 10.5 Å². The summed E-state index contributed by atoms with van der Waals surface area (Å²) >= 11 is 3.24. The molecule has 0 aliphatic heterocycles. The topological polar surface area (TPSA) is 48.1 Å². The van der Waals surface area contributed by atoms with Crippen molar-refractivity contribution >= 4 is 21.6 Å². The van der Waals surface area contributed by atoms with Gasteiger partial charge in [-0.15, -0.1) is 0 Å². The first-order valence-corrected chi connectivity index (χ1v) is 5.70. The molecule has 0 unspecified atom stereocenters. The Bertz CT molecular complexity index is 560. The number of rotatable bonds is 2. The van der Waals surface area contributed by atoms with Gasteiger partial charge in [-0.05, 0) is 36.8 Å². The van der Waals surface area contributed by atoms with Gasteiger partial charge in [-0.2, -0.15) is 0 Å². The summed E-state index contributed by atoms with van der Waals surface area (Å²) in [5.41, 5.74) is 7.04. The fourth-order valence-corrected chi connectivity index (χ4v) is 1.66. The molecule has 0 spiro atoms. The minimum Gasteiger partial charge on any atom is -0.434 e. The number of nitrogens with zero attached hydrogens (tertiary/aromatic N) is 1. The van der Waals surface area contributed by atoms with Crippen LogP contribution in [0, 0.1) is 12.7 Å². The van der Waals surface area contributed by atoms with Gasteiger partial charge in [0.25, 0.3) is 0 Å². The molecular weight excluding hydrogens is 287 g/mol. The van der Waals surface area contributed by atoms with Crippen molar-refractivity contribution in [1.82, 2.24) is 4.98 Å². The zero-order valence-corrected chi connectivity index (χ0v) is 10.7. The van der Waals surface area contributed by atoms with Crippen LogP contribution >= 0.6 is 15.9 Å². The van der Waals surface area contributed by atoms with Crippen molar-refractivity contribution in [3.63, 3.8) is 0 Å². The normalized spacial score (nSPS) is 10.3. The van der Waals surface area contributed by atoms with E-state index in [4.69, 9.17) is 10.5 Å². The van der Waals surface area contributed by atoms with Crippen LogP contribution in [0.2, 0.25) is 0 Å². The van der Waals surface area contributed by atoms with Crippen molar-refractivity contribution in [2.24, 2.45) is 0 Å². The highest BCUT2D eigenvalue weighted by atomic mass is 79.9. The van der Waals surface area contributed by atoms with Gasteiger partial charge in [-0.1, -0.05) is 15.9 Å². The second kappa shape index (κ2) is 4.71. The third-order valence-electron chi connectivity index (χ3n) is 2.12. The van der Waals surface area contributed by atoms with Crippen LogP contribution in [0.4, 0.5) is 10.1 Å². The van der Waals surface area contributed by atoms with Crippen molar-refractivity contribution in [3.8, 4) is 11.6 Å². The Kier molecular flexibility index (Phi) is 3.28. The van der Waals surface area contributed by atoms with E-state index in [2.05, 4.69) is 20.9 Å². The molecule has 0 fully saturated rings. The predicted molar refractivity (Wildman–Crippen MR) is 67.6 cm³/mol. The van der Waals surface area contributed by atoms with Crippen LogP contribution in [-0.2, 0) is 0 Å². The Hall–Kier alpha value is -1.62. The van der Waals surface area contributed by atoms with Crippen LogP contribution in [0.3, 0.4) is 0 Å². The molecule has 0 amide bonds. The van der Waals surface area contributed by atoms with E-state index in [-0.39, 0.29) is 11.6 Å². The Labute approximate surface area is 107 Å². The monoisotopic (exact) mass is 296 g/mol. The van der Waals surface area contributed by atoms with E-state index < -0.39 is 5.82 Å². The number of nitrogens with two attached hydrogens (primary N) is 1. The average molecular weight is 297 g/mol. The van der Waals surface area contributed by atoms with Gasteiger partial charge in [0.1, 0.15) is 0 Å². The van der Waals surface area contributed by atoms with Crippen molar-refractivity contribution in [2.45, 2.75) is 6.92 Å². The minimum absolute atomic E-state index is 0.0856. The minimum atomic E-state index is -0.463. The summed E-state index contributed by atoms with van der Waals surface area (Å²) in [6, 6.07) is 6.15. The Balaban J connectivity index is 2.34. The second-order valence-corrected chi connectivity index (χ2v) is 4.50. The number of ether oxygens (including phenoxy) is 1. The van der Waals surface area contributed by atoms with E-state index in [1.54, 1.807) is 18.3 Å². The van der Waals surface area contributed by atoms with Gasteiger partial charge in [0, 0.05) is 10.7 Å². The molecule has 1 heterocycles. The summed E-state index contributed by atoms with van der Waals surface area (Å²) < 4.78 is 19.5. The SMILES string of the molecule is Cc1cnc(Oc2cc(Br)ccc2F)c(N)c1. The highest BCUT2D eigenvalue weighted by Gasteiger charge is 2.09. The van der Waals surface area contributed by atoms with Crippen LogP contribution in [0.5, 0.6) is 11.6 Å². The van der Waals surface area contributed by atoms with E-state index in [0.717, 1.165) is 10.0 Å². The number of halogens is 2. The van der Waals surface area contributed by atoms with Crippen LogP contribution in [-0.4, -0.2) is 4.98 Å². The van der Waals surface area contributed by atoms with E-state index >= 15 is 0 Å². The largest absolute Gasteiger partial charge is 0.434 e. The lowest BCUT2D eigenvalue weighted by Gasteiger charge is -2.08. The maximum atomic E-state index is 13.5. The third-order valence-corrected chi connectivity index (χ3v) is 2.61. The fraction of sp³-hybridized carbons (Fsp3) is 0.0833. The molecule has 0 saturated heterocycles. The Morgan fingerprint density at radius 3 is 2.82 bits per heavy atom. The van der Waals surface area contributed by atoms with Gasteiger partial charge < -0.3 is 10.5 Å². The summed E-state index contributed by atoms with van der Waals surface area (Å²) in [5, 5.41) is 0. The number of benzene rings is 1. The number of nitrogen functional groups attached to an aromatic ring is 1. The van der Waals surface area contributed by atoms with Gasteiger partial charge in [-0.3, -0.25) is 0 Å². The second-order valence-electron chi connectivity index (χ2n) is 3.58. The fourth-order valence-electron chi connectivity index (χ4n) is 1.32. The number of hydrogen-bond donors (Lipinski definition) is 1. The van der Waals surface area contributed by atoms with Crippen molar-refractivity contribution in [2.75, 3.05) is 5.73 Å². The predicted octanol–water partition coefficient (Wildman–Crippen LogP) is 3.67. The van der Waals surface area contributed by atoms with Gasteiger partial charge in [0.15, 0.2) is 11.6 Å². The van der Waals surface area contributed by atoms with Crippen molar-refractivity contribution in [1.29, 1.82) is 0 Å². The molecule has 2 N–H and O–H groups in total. The molecule has 88 valence electrons. The highest BCUT2D eigenvalue weighted by Crippen LogP contribution is 2.29. The van der Waals surface area contributed by atoms with E-state index in [0.29, 0.717) is 5.69 Å². The van der Waals surface area contributed by atoms with Gasteiger partial charge >= 0.3 is 0 Å². The van der Waals surface area contributed by atoms with E-state index in [1.165, 1.54) is 12.1 Å². The summed E-state index contributed by atoms with van der Waals surface area (Å²) in [7, 11) is 0. The summed E-state index contributed by atoms with van der Waals surface area (Å²) in [5.74, 6) is -0.176. The van der Waals surface area contributed by atoms with E-state index in [9.17, 15) is 4.39 Å². The smallest absolute Gasteiger partial charge is 0.242 e. The Morgan fingerprint density at radius 2 is 2.12 bits per heavy atom. The molecular formula is C12H10BrFN2O. The summed E-state index contributed by atoms with van der Waals surface area (Å²) in [6.07, 6.45) is 1.61. The number of pyridine rings is 1. The zero-order valence-electron chi connectivity index (χ0n) is 9.08. The van der Waals surface area contributed by atoms with E-state index in [1.807, 2.05) is 6.92 Å². The van der Waals surface area contributed by atoms with Crippen molar-refractivity contribution < 1.29 is 9.13 Å². The molecule has 0 saturated carbocycles. The molecule has 0 aliphatic rings. The molecule has 3 nitrogen and oxygen atoms in total. The van der Waals surface area contributed by atoms with Gasteiger partial charge in [0.2, 0.25) is 5.88 Å². The van der Waals surface area contributed by atoms with Crippen LogP contribution in [0.15, 0.2) is 34.9 Å². The third kappa shape index (κ3) is 2.74. The van der Waals surface area contributed by atoms with Crippen molar-refractivity contribution in [3.05, 3.63) is 46.3 Å². The quantitative estimate of drug-likeness (QED) is 0.920. The maximum Gasteiger partial charge on any atom is 0.242 e. The molecule has 0 aliphatic carbocycles. The number of aromatic nitrogens is 1. The molecule has 17 heavy (non-hydrogen) atoms. The lowest BCUT2D eigenvalue weighted by Crippen LogP contribution is -1.97. The molecule has 2 rings (SSSR count). The van der Waals surface area contributed by atoms with Crippen LogP contribution in [0.25, 0.3) is 0 Å². The first-order valence-electron chi connectivity index (χ1n) is 4.91. The molecule has 2 aromatic rings. The molecule has 0 bridgehead atoms. The first kappa shape index (κ1) is 11.9. The summed E-state index contributed by atoms with van der Waals surface area (Å²) in [6.45, 7) is 1.87.